The van der Waals surface area contributed by atoms with E-state index in [0.717, 1.165) is 42.2 Å². The quantitative estimate of drug-likeness (QED) is 0.621. The van der Waals surface area contributed by atoms with Gasteiger partial charge in [-0.3, -0.25) is 14.5 Å². The number of carbonyl (C=O) groups excluding carboxylic acids is 1. The number of anilines is 1. The highest BCUT2D eigenvalue weighted by molar-refractivity contribution is 6.40. The Hall–Kier alpha value is -2.52. The second-order valence-corrected chi connectivity index (χ2v) is 11.2. The maximum absolute atomic E-state index is 13.5. The largest absolute Gasteiger partial charge is 0.480 e. The Morgan fingerprint density at radius 1 is 1.08 bits per heavy atom. The number of piperazine rings is 1. The third-order valence-electron chi connectivity index (χ3n) is 7.82. The molecule has 2 saturated heterocycles. The lowest BCUT2D eigenvalue weighted by Gasteiger charge is -2.40. The van der Waals surface area contributed by atoms with Crippen LogP contribution in [0.1, 0.15) is 40.7 Å². The first-order chi connectivity index (χ1) is 17.6. The molecule has 0 aliphatic carbocycles. The van der Waals surface area contributed by atoms with E-state index >= 15 is 0 Å². The molecule has 8 nitrogen and oxygen atoms in total. The number of aliphatic carboxylic acids is 1. The molecule has 1 amide bonds. The summed E-state index contributed by atoms with van der Waals surface area (Å²) in [7, 11) is 3.94. The first kappa shape index (κ1) is 26.1. The fourth-order valence-corrected chi connectivity index (χ4v) is 6.51. The Balaban J connectivity index is 1.35. The average molecular weight is 547 g/mol. The molecule has 0 radical (unpaired) electrons. The standard InChI is InChI=1S/C27H32Cl2N4O4/c1-16-12-30(2)7-8-33(16)19-10-21(28)24(22(29)11-19)26(34)32-14-17-5-4-6-20(25(17)37-15-32)18-9-23(27(35)36)31(3)13-18/h4-6,10-11,16,18,23H,7-9,12-15H2,1-3H3,(H,35,36)/t16-,18?,23?/m1/s1. The predicted molar refractivity (Wildman–Crippen MR) is 144 cm³/mol. The minimum Gasteiger partial charge on any atom is -0.480 e. The van der Waals surface area contributed by atoms with Crippen molar-refractivity contribution in [2.45, 2.75) is 37.9 Å². The van der Waals surface area contributed by atoms with Crippen molar-refractivity contribution in [2.75, 3.05) is 51.9 Å². The summed E-state index contributed by atoms with van der Waals surface area (Å²) in [6.07, 6.45) is 0.526. The Labute approximate surface area is 227 Å². The highest BCUT2D eigenvalue weighted by Crippen LogP contribution is 2.40. The summed E-state index contributed by atoms with van der Waals surface area (Å²) in [5.41, 5.74) is 3.06. The minimum absolute atomic E-state index is 0.0525. The van der Waals surface area contributed by atoms with Crippen molar-refractivity contribution in [3.8, 4) is 5.75 Å². The molecule has 3 heterocycles. The van der Waals surface area contributed by atoms with Crippen molar-refractivity contribution in [1.29, 1.82) is 0 Å². The number of para-hydroxylation sites is 1. The Bertz CT molecular complexity index is 1200. The van der Waals surface area contributed by atoms with Crippen LogP contribution in [-0.2, 0) is 11.3 Å². The van der Waals surface area contributed by atoms with Crippen LogP contribution in [0.25, 0.3) is 0 Å². The monoisotopic (exact) mass is 546 g/mol. The number of hydrogen-bond acceptors (Lipinski definition) is 6. The summed E-state index contributed by atoms with van der Waals surface area (Å²) < 4.78 is 6.12. The van der Waals surface area contributed by atoms with E-state index in [4.69, 9.17) is 27.9 Å². The van der Waals surface area contributed by atoms with Gasteiger partial charge in [-0.1, -0.05) is 41.4 Å². The first-order valence-electron chi connectivity index (χ1n) is 12.5. The summed E-state index contributed by atoms with van der Waals surface area (Å²) in [5.74, 6) is -0.297. The van der Waals surface area contributed by atoms with E-state index in [0.29, 0.717) is 35.6 Å². The van der Waals surface area contributed by atoms with E-state index in [1.807, 2.05) is 42.3 Å². The number of rotatable bonds is 4. The number of fused-ring (bicyclic) bond motifs is 1. The highest BCUT2D eigenvalue weighted by Gasteiger charge is 2.38. The van der Waals surface area contributed by atoms with Crippen LogP contribution in [0.15, 0.2) is 30.3 Å². The molecule has 0 saturated carbocycles. The fraction of sp³-hybridized carbons (Fsp3) is 0.481. The number of likely N-dealkylation sites (tertiary alicyclic amines) is 1. The van der Waals surface area contributed by atoms with Gasteiger partial charge in [-0.2, -0.15) is 0 Å². The molecule has 0 spiro atoms. The number of benzene rings is 2. The summed E-state index contributed by atoms with van der Waals surface area (Å²) >= 11 is 13.3. The Morgan fingerprint density at radius 2 is 1.81 bits per heavy atom. The summed E-state index contributed by atoms with van der Waals surface area (Å²) in [6, 6.07) is 9.31. The topological polar surface area (TPSA) is 76.6 Å². The van der Waals surface area contributed by atoms with Gasteiger partial charge in [-0.15, -0.1) is 0 Å². The molecular formula is C27H32Cl2N4O4. The van der Waals surface area contributed by atoms with Gasteiger partial charge in [0.25, 0.3) is 5.91 Å². The maximum atomic E-state index is 13.5. The SMILES string of the molecule is C[C@@H]1CN(C)CCN1c1cc(Cl)c(C(=O)N2COc3c(cccc3C3CC(C(=O)O)N(C)C3)C2)c(Cl)c1. The second-order valence-electron chi connectivity index (χ2n) is 10.4. The van der Waals surface area contributed by atoms with Crippen LogP contribution in [0.4, 0.5) is 5.69 Å². The highest BCUT2D eigenvalue weighted by atomic mass is 35.5. The molecule has 37 heavy (non-hydrogen) atoms. The lowest BCUT2D eigenvalue weighted by atomic mass is 9.93. The van der Waals surface area contributed by atoms with E-state index in [9.17, 15) is 14.7 Å². The zero-order valence-corrected chi connectivity index (χ0v) is 22.8. The number of amides is 1. The molecule has 2 aromatic carbocycles. The summed E-state index contributed by atoms with van der Waals surface area (Å²) in [4.78, 5) is 33.1. The zero-order valence-electron chi connectivity index (χ0n) is 21.3. The van der Waals surface area contributed by atoms with Crippen LogP contribution in [0.3, 0.4) is 0 Å². The van der Waals surface area contributed by atoms with Gasteiger partial charge in [0.2, 0.25) is 0 Å². The summed E-state index contributed by atoms with van der Waals surface area (Å²) in [5, 5.41) is 10.2. The van der Waals surface area contributed by atoms with Gasteiger partial charge >= 0.3 is 5.97 Å². The van der Waals surface area contributed by atoms with Crippen molar-refractivity contribution in [1.82, 2.24) is 14.7 Å². The molecule has 1 N–H and O–H groups in total. The van der Waals surface area contributed by atoms with Gasteiger partial charge in [0.1, 0.15) is 11.8 Å². The normalized spacial score (nSPS) is 24.6. The van der Waals surface area contributed by atoms with Crippen LogP contribution in [-0.4, -0.2) is 90.8 Å². The van der Waals surface area contributed by atoms with Crippen molar-refractivity contribution in [3.63, 3.8) is 0 Å². The lowest BCUT2D eigenvalue weighted by Crippen LogP contribution is -2.50. The minimum atomic E-state index is -0.811. The molecule has 5 rings (SSSR count). The van der Waals surface area contributed by atoms with E-state index in [2.05, 4.69) is 23.8 Å². The van der Waals surface area contributed by atoms with E-state index in [1.165, 1.54) is 0 Å². The average Bonchev–Trinajstić information content (AvgIpc) is 3.24. The van der Waals surface area contributed by atoms with Gasteiger partial charge in [0, 0.05) is 49.4 Å². The van der Waals surface area contributed by atoms with E-state index in [-0.39, 0.29) is 24.1 Å². The van der Waals surface area contributed by atoms with E-state index < -0.39 is 12.0 Å². The molecule has 2 aromatic rings. The predicted octanol–water partition coefficient (Wildman–Crippen LogP) is 4.00. The maximum Gasteiger partial charge on any atom is 0.320 e. The zero-order chi connectivity index (χ0) is 26.4. The Morgan fingerprint density at radius 3 is 2.46 bits per heavy atom. The van der Waals surface area contributed by atoms with Crippen molar-refractivity contribution >= 4 is 40.8 Å². The van der Waals surface area contributed by atoms with Gasteiger partial charge in [-0.05, 0) is 45.1 Å². The van der Waals surface area contributed by atoms with Crippen LogP contribution < -0.4 is 9.64 Å². The number of carbonyl (C=O) groups is 2. The van der Waals surface area contributed by atoms with Gasteiger partial charge in [-0.25, -0.2) is 0 Å². The molecule has 0 aromatic heterocycles. The third kappa shape index (κ3) is 5.00. The molecule has 198 valence electrons. The molecular weight excluding hydrogens is 515 g/mol. The lowest BCUT2D eigenvalue weighted by molar-refractivity contribution is -0.141. The number of halogens is 2. The van der Waals surface area contributed by atoms with Gasteiger partial charge < -0.3 is 24.5 Å². The van der Waals surface area contributed by atoms with Crippen molar-refractivity contribution in [2.24, 2.45) is 0 Å². The van der Waals surface area contributed by atoms with Crippen molar-refractivity contribution in [3.05, 3.63) is 57.1 Å². The molecule has 2 fully saturated rings. The number of carboxylic acids is 1. The van der Waals surface area contributed by atoms with E-state index in [1.54, 1.807) is 4.90 Å². The molecule has 0 bridgehead atoms. The van der Waals surface area contributed by atoms with Gasteiger partial charge in [0.15, 0.2) is 6.73 Å². The summed E-state index contributed by atoms with van der Waals surface area (Å²) in [6.45, 7) is 5.98. The van der Waals surface area contributed by atoms with Crippen molar-refractivity contribution < 1.29 is 19.4 Å². The number of nitrogens with zero attached hydrogens (tertiary/aromatic N) is 4. The van der Waals surface area contributed by atoms with Crippen LogP contribution in [0, 0.1) is 0 Å². The molecule has 3 aliphatic rings. The smallest absolute Gasteiger partial charge is 0.320 e. The number of ether oxygens (including phenoxy) is 1. The fourth-order valence-electron chi connectivity index (χ4n) is 5.88. The number of likely N-dealkylation sites (N-methyl/N-ethyl adjacent to an activating group) is 2. The van der Waals surface area contributed by atoms with Crippen LogP contribution in [0.5, 0.6) is 5.75 Å². The number of carboxylic acid groups (broad SMARTS) is 1. The number of hydrogen-bond donors (Lipinski definition) is 1. The molecule has 3 aliphatic heterocycles. The second kappa shape index (κ2) is 10.3. The van der Waals surface area contributed by atoms with Gasteiger partial charge in [0.05, 0.1) is 22.2 Å². The third-order valence-corrected chi connectivity index (χ3v) is 8.41. The van der Waals surface area contributed by atoms with Crippen LogP contribution >= 0.6 is 23.2 Å². The molecule has 10 heteroatoms. The molecule has 2 unspecified atom stereocenters. The van der Waals surface area contributed by atoms with Crippen LogP contribution in [0.2, 0.25) is 10.0 Å². The first-order valence-corrected chi connectivity index (χ1v) is 13.3. The Kier molecular flexibility index (Phi) is 7.29. The molecule has 3 atom stereocenters.